The molecule has 1 saturated heterocycles. The molecule has 1 aliphatic heterocycles. The molecule has 0 aromatic heterocycles. The van der Waals surface area contributed by atoms with Crippen LogP contribution in [0.3, 0.4) is 0 Å². The standard InChI is InChI=1S/C21H22ClN3O3/c1-13(2)14-4-6-15(7-5-14)21(3)19(27)25(20(28)24-21)12-18(26)23-17-10-8-16(22)9-11-17/h4-11,13H,12H2,1-3H3,(H,23,26)(H,24,28)/t21-/m1/s1. The van der Waals surface area contributed by atoms with Crippen LogP contribution in [0.4, 0.5) is 10.5 Å². The first-order valence-electron chi connectivity index (χ1n) is 9.00. The van der Waals surface area contributed by atoms with Crippen LogP contribution in [0.15, 0.2) is 48.5 Å². The van der Waals surface area contributed by atoms with Crippen molar-refractivity contribution < 1.29 is 14.4 Å². The molecule has 0 unspecified atom stereocenters. The number of nitrogens with one attached hydrogen (secondary N) is 2. The van der Waals surface area contributed by atoms with E-state index in [1.807, 2.05) is 24.3 Å². The van der Waals surface area contributed by atoms with Gasteiger partial charge in [0.05, 0.1) is 0 Å². The maximum atomic E-state index is 12.9. The summed E-state index contributed by atoms with van der Waals surface area (Å²) in [6.45, 7) is 5.45. The number of hydrogen-bond donors (Lipinski definition) is 2. The van der Waals surface area contributed by atoms with Crippen LogP contribution in [0.2, 0.25) is 5.02 Å². The predicted octanol–water partition coefficient (Wildman–Crippen LogP) is 3.87. The molecular formula is C21H22ClN3O3. The fourth-order valence-electron chi connectivity index (χ4n) is 3.11. The molecule has 3 rings (SSSR count). The molecule has 0 spiro atoms. The molecule has 2 aromatic carbocycles. The highest BCUT2D eigenvalue weighted by molar-refractivity contribution is 6.30. The van der Waals surface area contributed by atoms with Gasteiger partial charge in [-0.1, -0.05) is 49.7 Å². The number of nitrogens with zero attached hydrogens (tertiary/aromatic N) is 1. The molecule has 0 bridgehead atoms. The van der Waals surface area contributed by atoms with Gasteiger partial charge in [-0.2, -0.15) is 0 Å². The number of urea groups is 1. The van der Waals surface area contributed by atoms with E-state index in [1.165, 1.54) is 0 Å². The third kappa shape index (κ3) is 3.87. The second-order valence-electron chi connectivity index (χ2n) is 7.28. The predicted molar refractivity (Wildman–Crippen MR) is 108 cm³/mol. The van der Waals surface area contributed by atoms with E-state index in [-0.39, 0.29) is 6.54 Å². The average Bonchev–Trinajstić information content (AvgIpc) is 2.88. The fourth-order valence-corrected chi connectivity index (χ4v) is 3.24. The van der Waals surface area contributed by atoms with Crippen LogP contribution >= 0.6 is 11.6 Å². The SMILES string of the molecule is CC(C)c1ccc([C@@]2(C)NC(=O)N(CC(=O)Nc3ccc(Cl)cc3)C2=O)cc1. The number of amides is 4. The van der Waals surface area contributed by atoms with E-state index in [0.717, 1.165) is 10.5 Å². The van der Waals surface area contributed by atoms with Crippen molar-refractivity contribution in [1.29, 1.82) is 0 Å². The summed E-state index contributed by atoms with van der Waals surface area (Å²) in [6.07, 6.45) is 0. The second kappa shape index (κ2) is 7.64. The van der Waals surface area contributed by atoms with Crippen molar-refractivity contribution in [2.75, 3.05) is 11.9 Å². The van der Waals surface area contributed by atoms with Crippen LogP contribution in [-0.2, 0) is 15.1 Å². The maximum Gasteiger partial charge on any atom is 0.325 e. The van der Waals surface area contributed by atoms with Crippen molar-refractivity contribution >= 4 is 35.1 Å². The Balaban J connectivity index is 1.73. The largest absolute Gasteiger partial charge is 0.325 e. The Morgan fingerprint density at radius 3 is 2.29 bits per heavy atom. The lowest BCUT2D eigenvalue weighted by Crippen LogP contribution is -2.42. The molecule has 4 amide bonds. The monoisotopic (exact) mass is 399 g/mol. The summed E-state index contributed by atoms with van der Waals surface area (Å²) in [6, 6.07) is 13.5. The summed E-state index contributed by atoms with van der Waals surface area (Å²) in [5.41, 5.74) is 1.15. The Hall–Kier alpha value is -2.86. The molecule has 1 fully saturated rings. The number of rotatable bonds is 5. The summed E-state index contributed by atoms with van der Waals surface area (Å²) in [4.78, 5) is 38.5. The Bertz CT molecular complexity index is 909. The van der Waals surface area contributed by atoms with Crippen molar-refractivity contribution in [3.8, 4) is 0 Å². The lowest BCUT2D eigenvalue weighted by atomic mass is 9.90. The molecule has 7 heteroatoms. The first-order valence-corrected chi connectivity index (χ1v) is 9.38. The minimum atomic E-state index is -1.20. The quantitative estimate of drug-likeness (QED) is 0.749. The number of hydrogen-bond acceptors (Lipinski definition) is 3. The van der Waals surface area contributed by atoms with Gasteiger partial charge in [0.1, 0.15) is 12.1 Å². The summed E-state index contributed by atoms with van der Waals surface area (Å²) >= 11 is 5.82. The molecule has 0 saturated carbocycles. The molecule has 28 heavy (non-hydrogen) atoms. The first kappa shape index (κ1) is 19.9. The number of carbonyl (C=O) groups excluding carboxylic acids is 3. The highest BCUT2D eigenvalue weighted by Crippen LogP contribution is 2.30. The lowest BCUT2D eigenvalue weighted by Gasteiger charge is -2.22. The first-order chi connectivity index (χ1) is 13.2. The van der Waals surface area contributed by atoms with Crippen molar-refractivity contribution in [3.63, 3.8) is 0 Å². The van der Waals surface area contributed by atoms with E-state index >= 15 is 0 Å². The molecule has 1 heterocycles. The Labute approximate surface area is 168 Å². The smallest absolute Gasteiger partial charge is 0.325 e. The highest BCUT2D eigenvalue weighted by Gasteiger charge is 2.49. The zero-order valence-electron chi connectivity index (χ0n) is 16.0. The molecule has 0 radical (unpaired) electrons. The minimum Gasteiger partial charge on any atom is -0.325 e. The molecule has 1 atom stereocenters. The third-order valence-electron chi connectivity index (χ3n) is 4.86. The molecule has 2 N–H and O–H groups in total. The molecule has 146 valence electrons. The van der Waals surface area contributed by atoms with Crippen LogP contribution in [0.25, 0.3) is 0 Å². The van der Waals surface area contributed by atoms with Crippen LogP contribution in [0.5, 0.6) is 0 Å². The average molecular weight is 400 g/mol. The Morgan fingerprint density at radius 2 is 1.71 bits per heavy atom. The maximum absolute atomic E-state index is 12.9. The Kier molecular flexibility index (Phi) is 5.42. The van der Waals surface area contributed by atoms with Crippen molar-refractivity contribution in [3.05, 3.63) is 64.7 Å². The zero-order chi connectivity index (χ0) is 20.5. The molecule has 0 aliphatic carbocycles. The van der Waals surface area contributed by atoms with Crippen LogP contribution < -0.4 is 10.6 Å². The number of benzene rings is 2. The van der Waals surface area contributed by atoms with Crippen LogP contribution in [-0.4, -0.2) is 29.3 Å². The Morgan fingerprint density at radius 1 is 1.11 bits per heavy atom. The van der Waals surface area contributed by atoms with E-state index in [4.69, 9.17) is 11.6 Å². The van der Waals surface area contributed by atoms with Gasteiger partial charge in [-0.05, 0) is 48.2 Å². The van der Waals surface area contributed by atoms with Crippen LogP contribution in [0.1, 0.15) is 37.8 Å². The topological polar surface area (TPSA) is 78.5 Å². The minimum absolute atomic E-state index is 0.365. The summed E-state index contributed by atoms with van der Waals surface area (Å²) < 4.78 is 0. The number of anilines is 1. The summed E-state index contributed by atoms with van der Waals surface area (Å²) in [5, 5.41) is 5.91. The number of carbonyl (C=O) groups is 3. The van der Waals surface area contributed by atoms with Crippen molar-refractivity contribution in [2.45, 2.75) is 32.2 Å². The zero-order valence-corrected chi connectivity index (χ0v) is 16.7. The van der Waals surface area contributed by atoms with Gasteiger partial charge < -0.3 is 10.6 Å². The van der Waals surface area contributed by atoms with E-state index in [2.05, 4.69) is 24.5 Å². The fraction of sp³-hybridized carbons (Fsp3) is 0.286. The van der Waals surface area contributed by atoms with E-state index < -0.39 is 23.4 Å². The normalized spacial score (nSPS) is 19.1. The third-order valence-corrected chi connectivity index (χ3v) is 5.11. The van der Waals surface area contributed by atoms with Gasteiger partial charge in [0, 0.05) is 10.7 Å². The molecule has 2 aromatic rings. The second-order valence-corrected chi connectivity index (χ2v) is 7.71. The van der Waals surface area contributed by atoms with Crippen molar-refractivity contribution in [1.82, 2.24) is 10.2 Å². The molecule has 6 nitrogen and oxygen atoms in total. The number of halogens is 1. The molecular weight excluding hydrogens is 378 g/mol. The van der Waals surface area contributed by atoms with Gasteiger partial charge >= 0.3 is 6.03 Å². The van der Waals surface area contributed by atoms with Crippen LogP contribution in [0, 0.1) is 0 Å². The van der Waals surface area contributed by atoms with Gasteiger partial charge in [-0.3, -0.25) is 14.5 Å². The van der Waals surface area contributed by atoms with Gasteiger partial charge in [-0.25, -0.2) is 4.79 Å². The van der Waals surface area contributed by atoms with E-state index in [9.17, 15) is 14.4 Å². The van der Waals surface area contributed by atoms with Gasteiger partial charge in [0.2, 0.25) is 5.91 Å². The van der Waals surface area contributed by atoms with Crippen molar-refractivity contribution in [2.24, 2.45) is 0 Å². The van der Waals surface area contributed by atoms with Gasteiger partial charge in [0.25, 0.3) is 5.91 Å². The number of imide groups is 1. The van der Waals surface area contributed by atoms with E-state index in [0.29, 0.717) is 22.2 Å². The van der Waals surface area contributed by atoms with Gasteiger partial charge in [-0.15, -0.1) is 0 Å². The summed E-state index contributed by atoms with van der Waals surface area (Å²) in [5.74, 6) is -0.560. The molecule has 1 aliphatic rings. The lowest BCUT2D eigenvalue weighted by molar-refractivity contribution is -0.133. The highest BCUT2D eigenvalue weighted by atomic mass is 35.5. The van der Waals surface area contributed by atoms with E-state index in [1.54, 1.807) is 31.2 Å². The van der Waals surface area contributed by atoms with Gasteiger partial charge in [0.15, 0.2) is 0 Å². The summed E-state index contributed by atoms with van der Waals surface area (Å²) in [7, 11) is 0.